The Bertz CT molecular complexity index is 1050. The van der Waals surface area contributed by atoms with Gasteiger partial charge in [-0.3, -0.25) is 0 Å². The molecule has 30 heavy (non-hydrogen) atoms. The minimum atomic E-state index is -4.79. The van der Waals surface area contributed by atoms with E-state index in [4.69, 9.17) is 14.7 Å². The highest BCUT2D eigenvalue weighted by atomic mass is 19.4. The molecule has 0 amide bonds. The molecule has 1 N–H and O–H groups in total. The van der Waals surface area contributed by atoms with Crippen LogP contribution in [-0.2, 0) is 0 Å². The predicted octanol–water partition coefficient (Wildman–Crippen LogP) is 5.11. The fourth-order valence-corrected chi connectivity index (χ4v) is 3.40. The van der Waals surface area contributed by atoms with Crippen molar-refractivity contribution in [3.8, 4) is 22.8 Å². The second-order valence-corrected chi connectivity index (χ2v) is 6.75. The SMILES string of the molecule is CCC(CC)n1nc(C)c2nc(-c3ccc(OC(F)(F)F)cc3OC)c(NC)nc21. The van der Waals surface area contributed by atoms with Gasteiger partial charge >= 0.3 is 6.36 Å². The lowest BCUT2D eigenvalue weighted by atomic mass is 10.1. The van der Waals surface area contributed by atoms with E-state index in [1.807, 2.05) is 11.6 Å². The average molecular weight is 423 g/mol. The van der Waals surface area contributed by atoms with Crippen LogP contribution in [0.3, 0.4) is 0 Å². The van der Waals surface area contributed by atoms with Crippen LogP contribution in [0.4, 0.5) is 19.0 Å². The zero-order valence-electron chi connectivity index (χ0n) is 17.5. The number of alkyl halides is 3. The van der Waals surface area contributed by atoms with Gasteiger partial charge in [0.2, 0.25) is 0 Å². The standard InChI is InChI=1S/C20H24F3N5O2/c1-6-12(7-2)28-19-16(11(3)27-28)25-17(18(24-4)26-19)14-9-8-13(10-15(14)29-5)30-20(21,22)23/h8-10,12H,6-7H2,1-5H3,(H,24,26). The molecule has 162 valence electrons. The Labute approximate surface area is 172 Å². The summed E-state index contributed by atoms with van der Waals surface area (Å²) in [7, 11) is 3.08. The first-order chi connectivity index (χ1) is 14.2. The second-order valence-electron chi connectivity index (χ2n) is 6.75. The molecule has 0 saturated carbocycles. The summed E-state index contributed by atoms with van der Waals surface area (Å²) in [4.78, 5) is 9.47. The Hall–Kier alpha value is -3.04. The number of ether oxygens (including phenoxy) is 2. The smallest absolute Gasteiger partial charge is 0.496 e. The first kappa shape index (κ1) is 21.7. The van der Waals surface area contributed by atoms with Gasteiger partial charge in [-0.05, 0) is 31.9 Å². The summed E-state index contributed by atoms with van der Waals surface area (Å²) in [5, 5.41) is 7.65. The maximum atomic E-state index is 12.6. The summed E-state index contributed by atoms with van der Waals surface area (Å²) >= 11 is 0. The summed E-state index contributed by atoms with van der Waals surface area (Å²) in [6.45, 7) is 6.04. The van der Waals surface area contributed by atoms with Crippen molar-refractivity contribution in [2.24, 2.45) is 0 Å². The average Bonchev–Trinajstić information content (AvgIpc) is 3.02. The van der Waals surface area contributed by atoms with E-state index < -0.39 is 6.36 Å². The number of nitrogens with one attached hydrogen (secondary N) is 1. The summed E-state index contributed by atoms with van der Waals surface area (Å²) in [6, 6.07) is 4.06. The van der Waals surface area contributed by atoms with Gasteiger partial charge in [0.05, 0.1) is 18.8 Å². The fraction of sp³-hybridized carbons (Fsp3) is 0.450. The number of fused-ring (bicyclic) bond motifs is 1. The maximum absolute atomic E-state index is 12.6. The van der Waals surface area contributed by atoms with Crippen LogP contribution in [0.15, 0.2) is 18.2 Å². The number of nitrogens with zero attached hydrogens (tertiary/aromatic N) is 4. The summed E-state index contributed by atoms with van der Waals surface area (Å²) in [5.74, 6) is 0.283. The van der Waals surface area contributed by atoms with Crippen molar-refractivity contribution in [3.63, 3.8) is 0 Å². The van der Waals surface area contributed by atoms with Crippen LogP contribution in [0.2, 0.25) is 0 Å². The third kappa shape index (κ3) is 4.12. The number of halogens is 3. The van der Waals surface area contributed by atoms with Crippen LogP contribution in [0.5, 0.6) is 11.5 Å². The van der Waals surface area contributed by atoms with Crippen LogP contribution in [0.25, 0.3) is 22.4 Å². The van der Waals surface area contributed by atoms with E-state index in [1.54, 1.807) is 7.05 Å². The Kier molecular flexibility index (Phi) is 6.04. The molecule has 3 aromatic rings. The topological polar surface area (TPSA) is 74.1 Å². The quantitative estimate of drug-likeness (QED) is 0.569. The van der Waals surface area contributed by atoms with E-state index in [1.165, 1.54) is 25.3 Å². The molecule has 0 atom stereocenters. The van der Waals surface area contributed by atoms with Crippen LogP contribution >= 0.6 is 0 Å². The number of aryl methyl sites for hydroxylation is 1. The van der Waals surface area contributed by atoms with Crippen molar-refractivity contribution in [2.45, 2.75) is 46.0 Å². The van der Waals surface area contributed by atoms with Gasteiger partial charge in [0.1, 0.15) is 22.7 Å². The van der Waals surface area contributed by atoms with Gasteiger partial charge in [0.25, 0.3) is 0 Å². The molecule has 0 aliphatic heterocycles. The van der Waals surface area contributed by atoms with Gasteiger partial charge in [-0.2, -0.15) is 5.10 Å². The normalized spacial score (nSPS) is 11.9. The largest absolute Gasteiger partial charge is 0.573 e. The minimum Gasteiger partial charge on any atom is -0.496 e. The molecule has 0 unspecified atom stereocenters. The van der Waals surface area contributed by atoms with Crippen LogP contribution in [-0.4, -0.2) is 40.3 Å². The van der Waals surface area contributed by atoms with Crippen molar-refractivity contribution in [3.05, 3.63) is 23.9 Å². The van der Waals surface area contributed by atoms with Crippen LogP contribution < -0.4 is 14.8 Å². The molecule has 0 saturated heterocycles. The highest BCUT2D eigenvalue weighted by molar-refractivity contribution is 5.85. The predicted molar refractivity (Wildman–Crippen MR) is 108 cm³/mol. The first-order valence-electron chi connectivity index (χ1n) is 9.61. The first-order valence-corrected chi connectivity index (χ1v) is 9.61. The molecule has 10 heteroatoms. The highest BCUT2D eigenvalue weighted by Gasteiger charge is 2.31. The van der Waals surface area contributed by atoms with E-state index in [0.717, 1.165) is 18.5 Å². The number of hydrogen-bond donors (Lipinski definition) is 1. The van der Waals surface area contributed by atoms with Crippen LogP contribution in [0, 0.1) is 6.92 Å². The lowest BCUT2D eigenvalue weighted by Gasteiger charge is -2.16. The van der Waals surface area contributed by atoms with Gasteiger partial charge in [0, 0.05) is 18.7 Å². The summed E-state index contributed by atoms with van der Waals surface area (Å²) in [5.41, 5.74) is 2.95. The van der Waals surface area contributed by atoms with E-state index in [9.17, 15) is 13.2 Å². The second kappa shape index (κ2) is 8.37. The number of benzene rings is 1. The third-order valence-corrected chi connectivity index (χ3v) is 4.88. The molecule has 0 spiro atoms. The van der Waals surface area contributed by atoms with E-state index in [0.29, 0.717) is 28.2 Å². The zero-order chi connectivity index (χ0) is 22.1. The Morgan fingerprint density at radius 1 is 1.17 bits per heavy atom. The monoisotopic (exact) mass is 423 g/mol. The van der Waals surface area contributed by atoms with Crippen molar-refractivity contribution < 1.29 is 22.6 Å². The van der Waals surface area contributed by atoms with Gasteiger partial charge in [-0.1, -0.05) is 13.8 Å². The molecular formula is C20H24F3N5O2. The zero-order valence-corrected chi connectivity index (χ0v) is 17.5. The van der Waals surface area contributed by atoms with E-state index in [2.05, 4.69) is 29.0 Å². The Morgan fingerprint density at radius 2 is 1.87 bits per heavy atom. The molecule has 7 nitrogen and oxygen atoms in total. The van der Waals surface area contributed by atoms with Crippen molar-refractivity contribution in [1.29, 1.82) is 0 Å². The molecular weight excluding hydrogens is 399 g/mol. The van der Waals surface area contributed by atoms with E-state index >= 15 is 0 Å². The number of methoxy groups -OCH3 is 1. The molecule has 0 fully saturated rings. The number of rotatable bonds is 7. The molecule has 2 heterocycles. The maximum Gasteiger partial charge on any atom is 0.573 e. The summed E-state index contributed by atoms with van der Waals surface area (Å²) in [6.07, 6.45) is -2.98. The molecule has 0 bridgehead atoms. The lowest BCUT2D eigenvalue weighted by Crippen LogP contribution is -2.17. The molecule has 3 rings (SSSR count). The third-order valence-electron chi connectivity index (χ3n) is 4.88. The molecule has 0 aliphatic carbocycles. The van der Waals surface area contributed by atoms with Gasteiger partial charge < -0.3 is 14.8 Å². The minimum absolute atomic E-state index is 0.187. The Morgan fingerprint density at radius 3 is 2.43 bits per heavy atom. The number of anilines is 1. The van der Waals surface area contributed by atoms with Gasteiger partial charge in [0.15, 0.2) is 11.5 Å². The highest BCUT2D eigenvalue weighted by Crippen LogP contribution is 2.38. The Balaban J connectivity index is 2.17. The van der Waals surface area contributed by atoms with Crippen molar-refractivity contribution >= 4 is 17.0 Å². The molecule has 2 aromatic heterocycles. The molecule has 0 radical (unpaired) electrons. The molecule has 1 aromatic carbocycles. The summed E-state index contributed by atoms with van der Waals surface area (Å²) < 4.78 is 48.9. The van der Waals surface area contributed by atoms with Crippen LogP contribution in [0.1, 0.15) is 38.4 Å². The van der Waals surface area contributed by atoms with E-state index in [-0.39, 0.29) is 17.5 Å². The molecule has 0 aliphatic rings. The van der Waals surface area contributed by atoms with Gasteiger partial charge in [-0.15, -0.1) is 13.2 Å². The number of hydrogen-bond acceptors (Lipinski definition) is 6. The fourth-order valence-electron chi connectivity index (χ4n) is 3.40. The number of aromatic nitrogens is 4. The van der Waals surface area contributed by atoms with Gasteiger partial charge in [-0.25, -0.2) is 14.6 Å². The lowest BCUT2D eigenvalue weighted by molar-refractivity contribution is -0.274. The van der Waals surface area contributed by atoms with Crippen molar-refractivity contribution in [1.82, 2.24) is 19.7 Å². The van der Waals surface area contributed by atoms with Crippen molar-refractivity contribution in [2.75, 3.05) is 19.5 Å².